The molecule has 1 fully saturated rings. The van der Waals surface area contributed by atoms with E-state index >= 15 is 0 Å². The monoisotopic (exact) mass is 1100 g/mol. The Morgan fingerprint density at radius 2 is 0.808 bits per heavy atom. The van der Waals surface area contributed by atoms with Gasteiger partial charge in [0.05, 0.1) is 12.7 Å². The second-order valence-electron chi connectivity index (χ2n) is 25.7. The van der Waals surface area contributed by atoms with E-state index in [9.17, 15) is 24.9 Å². The quantitative estimate of drug-likeness (QED) is 0.0307. The number of allylic oxidation sites excluding steroid dienone is 8. The molecule has 0 aromatic heterocycles. The predicted molar refractivity (Wildman–Crippen MR) is 327 cm³/mol. The fraction of sp³-hybridized carbons (Fsp3) is 0.853. The Morgan fingerprint density at radius 3 is 1.15 bits per heavy atom. The van der Waals surface area contributed by atoms with Crippen molar-refractivity contribution >= 4 is 11.9 Å². The number of esters is 2. The highest BCUT2D eigenvalue weighted by Crippen LogP contribution is 2.25. The highest BCUT2D eigenvalue weighted by atomic mass is 16.7. The van der Waals surface area contributed by atoms with Crippen LogP contribution in [0, 0.1) is 47.3 Å². The number of aliphatic hydroxyl groups is 3. The first kappa shape index (κ1) is 73.7. The number of rotatable bonds is 49. The van der Waals surface area contributed by atoms with E-state index in [1.165, 1.54) is 0 Å². The molecule has 1 rings (SSSR count). The molecule has 0 aromatic rings. The summed E-state index contributed by atoms with van der Waals surface area (Å²) in [5.41, 5.74) is 0. The molecule has 78 heavy (non-hydrogen) atoms. The van der Waals surface area contributed by atoms with Gasteiger partial charge in [0.1, 0.15) is 24.4 Å². The molecule has 0 aromatic carbocycles. The Kier molecular flexibility index (Phi) is 44.6. The van der Waals surface area contributed by atoms with Crippen molar-refractivity contribution in [2.24, 2.45) is 47.3 Å². The molecule has 1 aliphatic rings. The highest BCUT2D eigenvalue weighted by Gasteiger charge is 2.36. The molecule has 456 valence electrons. The maximum absolute atomic E-state index is 13.2. The van der Waals surface area contributed by atoms with Gasteiger partial charge in [-0.25, -0.2) is 0 Å². The Hall–Kier alpha value is -2.34. The Labute approximate surface area is 480 Å². The molecule has 1 saturated heterocycles. The summed E-state index contributed by atoms with van der Waals surface area (Å²) >= 11 is 0. The number of unbranched alkanes of at least 4 members (excludes halogenated alkanes) is 9. The van der Waals surface area contributed by atoms with Gasteiger partial charge >= 0.3 is 11.9 Å². The lowest BCUT2D eigenvalue weighted by molar-refractivity contribution is -0.270. The van der Waals surface area contributed by atoms with E-state index in [0.29, 0.717) is 66.8 Å². The van der Waals surface area contributed by atoms with Crippen molar-refractivity contribution in [2.45, 2.75) is 293 Å². The second kappa shape index (κ2) is 47.2. The smallest absolute Gasteiger partial charge is 0.306 e. The third-order valence-electron chi connectivity index (χ3n) is 15.2. The summed E-state index contributed by atoms with van der Waals surface area (Å²) in [7, 11) is 0. The van der Waals surface area contributed by atoms with Crippen molar-refractivity contribution in [3.05, 3.63) is 48.6 Å². The molecule has 6 unspecified atom stereocenters. The summed E-state index contributed by atoms with van der Waals surface area (Å²) in [5.74, 6) is 4.42. The molecular weight excluding hydrogens is 975 g/mol. The van der Waals surface area contributed by atoms with E-state index in [-0.39, 0.29) is 37.2 Å². The first-order chi connectivity index (χ1) is 37.3. The van der Waals surface area contributed by atoms with Crippen LogP contribution in [0.3, 0.4) is 0 Å². The lowest BCUT2D eigenvalue weighted by atomic mass is 9.95. The largest absolute Gasteiger partial charge is 0.462 e. The molecule has 8 atom stereocenters. The fourth-order valence-corrected chi connectivity index (χ4v) is 9.95. The van der Waals surface area contributed by atoms with E-state index in [2.05, 4.69) is 137 Å². The minimum Gasteiger partial charge on any atom is -0.462 e. The molecule has 10 nitrogen and oxygen atoms in total. The maximum atomic E-state index is 13.2. The standard InChI is InChI=1S/C68H125NO9/c1-53(2)29-25-33-57(9)39-43-61(44-40-58(10)34-26-30-54(3)4)76-66(73)37-19-15-13-17-21-47-69(49-23-24-50-75-68-64(72)51-63(71)65(52-70)78-68)48-22-18-14-16-20-38-67(74)77-62(45-41-59(11)35-27-31-55(5)6)46-42-60(12)36-28-32-56(7)8/h25-28,33-36,53-65,68,70-72H,13-24,29-32,37-52H2,1-12H3/b33-25+,34-26+,35-27+,36-28+/t57?,58?,59?,60?,61?,62?,63?,64-,65+,68?/m0/s1. The summed E-state index contributed by atoms with van der Waals surface area (Å²) in [6.45, 7) is 30.2. The molecule has 0 amide bonds. The number of carbonyl (C=O) groups excluding carboxylic acids is 2. The molecule has 0 bridgehead atoms. The predicted octanol–water partition coefficient (Wildman–Crippen LogP) is 16.5. The maximum Gasteiger partial charge on any atom is 0.306 e. The van der Waals surface area contributed by atoms with Crippen LogP contribution in [0.5, 0.6) is 0 Å². The number of nitrogens with zero attached hydrogens (tertiary/aromatic N) is 1. The molecule has 0 aliphatic carbocycles. The van der Waals surface area contributed by atoms with Crippen LogP contribution in [0.1, 0.15) is 256 Å². The minimum absolute atomic E-state index is 0.0313. The third kappa shape index (κ3) is 42.5. The lowest BCUT2D eigenvalue weighted by Gasteiger charge is -2.36. The van der Waals surface area contributed by atoms with Gasteiger partial charge in [-0.2, -0.15) is 0 Å². The fourth-order valence-electron chi connectivity index (χ4n) is 9.95. The van der Waals surface area contributed by atoms with E-state index in [4.69, 9.17) is 18.9 Å². The molecule has 10 heteroatoms. The number of hydrogen-bond acceptors (Lipinski definition) is 10. The normalized spacial score (nSPS) is 19.9. The van der Waals surface area contributed by atoms with Crippen LogP contribution in [-0.2, 0) is 28.5 Å². The van der Waals surface area contributed by atoms with Crippen molar-refractivity contribution in [3.8, 4) is 0 Å². The van der Waals surface area contributed by atoms with Gasteiger partial charge < -0.3 is 39.2 Å². The van der Waals surface area contributed by atoms with Crippen molar-refractivity contribution in [1.29, 1.82) is 0 Å². The van der Waals surface area contributed by atoms with Gasteiger partial charge in [-0.3, -0.25) is 9.59 Å². The number of carbonyl (C=O) groups is 2. The molecular formula is C68H125NO9. The van der Waals surface area contributed by atoms with Crippen molar-refractivity contribution in [1.82, 2.24) is 4.90 Å². The Balaban J connectivity index is 2.69. The number of hydrogen-bond donors (Lipinski definition) is 3. The summed E-state index contributed by atoms with van der Waals surface area (Å²) in [5, 5.41) is 30.0. The Morgan fingerprint density at radius 1 is 0.474 bits per heavy atom. The zero-order chi connectivity index (χ0) is 57.9. The van der Waals surface area contributed by atoms with E-state index < -0.39 is 24.6 Å². The summed E-state index contributed by atoms with van der Waals surface area (Å²) < 4.78 is 23.9. The van der Waals surface area contributed by atoms with Crippen LogP contribution in [0.15, 0.2) is 48.6 Å². The Bertz CT molecular complexity index is 1410. The lowest BCUT2D eigenvalue weighted by Crippen LogP contribution is -2.49. The van der Waals surface area contributed by atoms with Gasteiger partial charge in [-0.1, -0.05) is 170 Å². The van der Waals surface area contributed by atoms with Crippen LogP contribution >= 0.6 is 0 Å². The topological polar surface area (TPSA) is 135 Å². The average molecular weight is 1100 g/mol. The molecule has 1 heterocycles. The number of aliphatic hydroxyl groups excluding tert-OH is 3. The highest BCUT2D eigenvalue weighted by molar-refractivity contribution is 5.69. The van der Waals surface area contributed by atoms with Gasteiger partial charge in [0.15, 0.2) is 6.29 Å². The van der Waals surface area contributed by atoms with E-state index in [0.717, 1.165) is 174 Å². The molecule has 1 aliphatic heterocycles. The zero-order valence-electron chi connectivity index (χ0n) is 52.6. The van der Waals surface area contributed by atoms with Gasteiger partial charge in [-0.05, 0) is 183 Å². The van der Waals surface area contributed by atoms with Crippen molar-refractivity contribution < 1.29 is 43.9 Å². The zero-order valence-corrected chi connectivity index (χ0v) is 52.6. The van der Waals surface area contributed by atoms with Crippen molar-refractivity contribution in [3.63, 3.8) is 0 Å². The summed E-state index contributed by atoms with van der Waals surface area (Å²) in [6.07, 6.45) is 40.5. The second-order valence-corrected chi connectivity index (χ2v) is 25.7. The SMILES string of the molecule is CC(C)C/C=C/C(C)CCC(CCC(C)/C=C/CC(C)C)OC(=O)CCCCCCCN(CCCCCCCC(=O)OC(CCC(C)/C=C/CC(C)C)CCC(C)/C=C/CC(C)C)CCCCOC1O[C@H](CO)C(O)C[C@@H]1O. The molecule has 0 radical (unpaired) electrons. The van der Waals surface area contributed by atoms with Crippen LogP contribution in [-0.4, -0.2) is 102 Å². The summed E-state index contributed by atoms with van der Waals surface area (Å²) in [4.78, 5) is 29.0. The molecule has 3 N–H and O–H groups in total. The first-order valence-corrected chi connectivity index (χ1v) is 32.3. The van der Waals surface area contributed by atoms with Crippen molar-refractivity contribution in [2.75, 3.05) is 32.8 Å². The minimum atomic E-state index is -0.923. The van der Waals surface area contributed by atoms with Gasteiger partial charge in [0, 0.05) is 25.9 Å². The van der Waals surface area contributed by atoms with Gasteiger partial charge in [0.2, 0.25) is 0 Å². The van der Waals surface area contributed by atoms with Crippen LogP contribution in [0.2, 0.25) is 0 Å². The van der Waals surface area contributed by atoms with Crippen LogP contribution < -0.4 is 0 Å². The molecule has 0 saturated carbocycles. The third-order valence-corrected chi connectivity index (χ3v) is 15.2. The summed E-state index contributed by atoms with van der Waals surface area (Å²) in [6, 6.07) is 0. The van der Waals surface area contributed by atoms with Gasteiger partial charge in [-0.15, -0.1) is 0 Å². The van der Waals surface area contributed by atoms with E-state index in [1.54, 1.807) is 0 Å². The van der Waals surface area contributed by atoms with Crippen LogP contribution in [0.25, 0.3) is 0 Å². The van der Waals surface area contributed by atoms with Crippen LogP contribution in [0.4, 0.5) is 0 Å². The van der Waals surface area contributed by atoms with E-state index in [1.807, 2.05) is 0 Å². The number of ether oxygens (including phenoxy) is 4. The molecule has 0 spiro atoms. The average Bonchev–Trinajstić information content (AvgIpc) is 3.37. The first-order valence-electron chi connectivity index (χ1n) is 32.3. The van der Waals surface area contributed by atoms with Gasteiger partial charge in [0.25, 0.3) is 0 Å².